The first kappa shape index (κ1) is 9.52. The summed E-state index contributed by atoms with van der Waals surface area (Å²) in [6.45, 7) is 0.887. The fourth-order valence-electron chi connectivity index (χ4n) is 1.48. The Morgan fingerprint density at radius 1 is 1.21 bits per heavy atom. The number of nitrogens with zero attached hydrogens (tertiary/aromatic N) is 1. The third kappa shape index (κ3) is 1.75. The Labute approximate surface area is 80.1 Å². The highest BCUT2D eigenvalue weighted by Crippen LogP contribution is 2.22. The van der Waals surface area contributed by atoms with Gasteiger partial charge in [-0.05, 0) is 25.1 Å². The summed E-state index contributed by atoms with van der Waals surface area (Å²) in [6, 6.07) is 1.82. The Bertz CT molecular complexity index is 365. The van der Waals surface area contributed by atoms with Gasteiger partial charge in [-0.1, -0.05) is 0 Å². The molecule has 0 bridgehead atoms. The van der Waals surface area contributed by atoms with Gasteiger partial charge in [0.2, 0.25) is 0 Å². The van der Waals surface area contributed by atoms with Gasteiger partial charge in [0.05, 0.1) is 0 Å². The van der Waals surface area contributed by atoms with Gasteiger partial charge >= 0.3 is 0 Å². The van der Waals surface area contributed by atoms with Crippen molar-refractivity contribution in [2.24, 2.45) is 0 Å². The molecule has 1 heterocycles. The topological polar surface area (TPSA) is 3.01 Å². The van der Waals surface area contributed by atoms with E-state index >= 15 is 0 Å². The van der Waals surface area contributed by atoms with E-state index in [2.05, 4.69) is 0 Å². The van der Waals surface area contributed by atoms with E-state index in [4.69, 9.17) is 0 Å². The molecule has 1 fully saturated rings. The van der Waals surface area contributed by atoms with Crippen LogP contribution in [0.5, 0.6) is 0 Å². The van der Waals surface area contributed by atoms with Crippen molar-refractivity contribution in [3.63, 3.8) is 0 Å². The molecule has 0 amide bonds. The highest BCUT2D eigenvalue weighted by Gasteiger charge is 2.30. The lowest BCUT2D eigenvalue weighted by Crippen LogP contribution is -2.03. The number of hydrogen-bond acceptors (Lipinski definition) is 1. The first-order valence-electron chi connectivity index (χ1n) is 4.41. The van der Waals surface area contributed by atoms with Crippen LogP contribution in [0.15, 0.2) is 12.1 Å². The molecule has 1 aliphatic heterocycles. The van der Waals surface area contributed by atoms with E-state index in [1.54, 1.807) is 0 Å². The molecule has 1 aromatic carbocycles. The molecule has 0 aromatic heterocycles. The van der Waals surface area contributed by atoms with Gasteiger partial charge in [-0.15, -0.1) is 0 Å². The van der Waals surface area contributed by atoms with Gasteiger partial charge in [0.25, 0.3) is 0 Å². The van der Waals surface area contributed by atoms with E-state index in [9.17, 15) is 13.2 Å². The maximum Gasteiger partial charge on any atom is 0.161 e. The zero-order chi connectivity index (χ0) is 10.3. The molecule has 1 saturated heterocycles. The van der Waals surface area contributed by atoms with Crippen molar-refractivity contribution in [2.45, 2.75) is 12.5 Å². The summed E-state index contributed by atoms with van der Waals surface area (Å²) in [5, 5.41) is 0. The molecule has 2 rings (SSSR count). The van der Waals surface area contributed by atoms with Crippen LogP contribution in [0.2, 0.25) is 0 Å². The molecule has 0 saturated carbocycles. The van der Waals surface area contributed by atoms with E-state index in [-0.39, 0.29) is 11.6 Å². The second kappa shape index (κ2) is 3.28. The molecule has 0 radical (unpaired) electrons. The minimum atomic E-state index is -1.13. The highest BCUT2D eigenvalue weighted by molar-refractivity contribution is 5.22. The second-order valence-electron chi connectivity index (χ2n) is 3.66. The van der Waals surface area contributed by atoms with Crippen LogP contribution >= 0.6 is 0 Å². The van der Waals surface area contributed by atoms with Crippen molar-refractivity contribution >= 4 is 0 Å². The maximum absolute atomic E-state index is 13.1. The summed E-state index contributed by atoms with van der Waals surface area (Å²) in [4.78, 5) is 2.01. The van der Waals surface area contributed by atoms with Crippen LogP contribution in [0.3, 0.4) is 0 Å². The van der Waals surface area contributed by atoms with Crippen LogP contribution < -0.4 is 0 Å². The quantitative estimate of drug-likeness (QED) is 0.522. The average molecular weight is 201 g/mol. The van der Waals surface area contributed by atoms with E-state index < -0.39 is 17.5 Å². The number of halogens is 3. The van der Waals surface area contributed by atoms with Crippen LogP contribution in [0.1, 0.15) is 5.56 Å². The van der Waals surface area contributed by atoms with Crippen LogP contribution in [0, 0.1) is 17.5 Å². The molecule has 4 heteroatoms. The molecule has 76 valence electrons. The van der Waals surface area contributed by atoms with Crippen LogP contribution in [-0.4, -0.2) is 24.5 Å². The van der Waals surface area contributed by atoms with E-state index in [1.807, 2.05) is 11.9 Å². The highest BCUT2D eigenvalue weighted by atomic mass is 19.2. The van der Waals surface area contributed by atoms with Gasteiger partial charge in [0.15, 0.2) is 11.6 Å². The molecule has 2 atom stereocenters. The number of hydrogen-bond donors (Lipinski definition) is 0. The molecular weight excluding hydrogens is 191 g/mol. The SMILES string of the molecule is CN1C[C@H]1Cc1cc(F)c(F)cc1F. The minimum absolute atomic E-state index is 0.248. The summed E-state index contributed by atoms with van der Waals surface area (Å²) >= 11 is 0. The lowest BCUT2D eigenvalue weighted by molar-refractivity contribution is 0.487. The first-order chi connectivity index (χ1) is 6.58. The molecule has 1 aromatic rings. The largest absolute Gasteiger partial charge is 0.300 e. The molecule has 1 nitrogen and oxygen atoms in total. The van der Waals surface area contributed by atoms with Crippen molar-refractivity contribution in [3.8, 4) is 0 Å². The van der Waals surface area contributed by atoms with E-state index in [1.165, 1.54) is 0 Å². The Morgan fingerprint density at radius 2 is 1.79 bits per heavy atom. The van der Waals surface area contributed by atoms with Crippen molar-refractivity contribution in [2.75, 3.05) is 13.6 Å². The normalized spacial score (nSPS) is 25.1. The van der Waals surface area contributed by atoms with Crippen LogP contribution in [0.4, 0.5) is 13.2 Å². The van der Waals surface area contributed by atoms with Crippen LogP contribution in [-0.2, 0) is 6.42 Å². The average Bonchev–Trinajstić information content (AvgIpc) is 2.78. The zero-order valence-electron chi connectivity index (χ0n) is 7.73. The first-order valence-corrected chi connectivity index (χ1v) is 4.41. The van der Waals surface area contributed by atoms with Crippen molar-refractivity contribution in [3.05, 3.63) is 35.1 Å². The smallest absolute Gasteiger partial charge is 0.161 e. The molecule has 0 aliphatic carbocycles. The fourth-order valence-corrected chi connectivity index (χ4v) is 1.48. The molecule has 0 N–H and O–H groups in total. The third-order valence-electron chi connectivity index (χ3n) is 2.53. The van der Waals surface area contributed by atoms with Gasteiger partial charge in [-0.2, -0.15) is 0 Å². The fraction of sp³-hybridized carbons (Fsp3) is 0.400. The molecule has 1 unspecified atom stereocenters. The number of benzene rings is 1. The Morgan fingerprint density at radius 3 is 2.36 bits per heavy atom. The monoisotopic (exact) mass is 201 g/mol. The van der Waals surface area contributed by atoms with Gasteiger partial charge < -0.3 is 4.90 Å². The lowest BCUT2D eigenvalue weighted by atomic mass is 10.1. The standard InChI is InChI=1S/C10H10F3N/c1-14-5-7(14)2-6-3-9(12)10(13)4-8(6)11/h3-4,7H,2,5H2,1H3/t7-,14?/m1/s1. The van der Waals surface area contributed by atoms with E-state index in [0.717, 1.165) is 12.6 Å². The minimum Gasteiger partial charge on any atom is -0.300 e. The number of rotatable bonds is 2. The van der Waals surface area contributed by atoms with E-state index in [0.29, 0.717) is 12.5 Å². The van der Waals surface area contributed by atoms with Crippen molar-refractivity contribution in [1.29, 1.82) is 0 Å². The Hall–Kier alpha value is -1.03. The summed E-state index contributed by atoms with van der Waals surface area (Å²) in [7, 11) is 1.91. The predicted octanol–water partition coefficient (Wildman–Crippen LogP) is 1.96. The summed E-state index contributed by atoms with van der Waals surface area (Å²) < 4.78 is 38.5. The molecule has 0 spiro atoms. The van der Waals surface area contributed by atoms with Gasteiger partial charge in [-0.25, -0.2) is 13.2 Å². The molecule has 1 aliphatic rings. The van der Waals surface area contributed by atoms with Gasteiger partial charge in [-0.3, -0.25) is 0 Å². The summed E-state index contributed by atoms with van der Waals surface area (Å²) in [5.41, 5.74) is 0.248. The zero-order valence-corrected chi connectivity index (χ0v) is 7.73. The molecule has 14 heavy (non-hydrogen) atoms. The summed E-state index contributed by atoms with van der Waals surface area (Å²) in [5.74, 6) is -2.77. The second-order valence-corrected chi connectivity index (χ2v) is 3.66. The van der Waals surface area contributed by atoms with Crippen LogP contribution in [0.25, 0.3) is 0 Å². The Kier molecular flexibility index (Phi) is 2.23. The third-order valence-corrected chi connectivity index (χ3v) is 2.53. The lowest BCUT2D eigenvalue weighted by Gasteiger charge is -2.02. The van der Waals surface area contributed by atoms with Gasteiger partial charge in [0.1, 0.15) is 5.82 Å². The van der Waals surface area contributed by atoms with Gasteiger partial charge in [0, 0.05) is 18.7 Å². The number of likely N-dealkylation sites (N-methyl/N-ethyl adjacent to an activating group) is 1. The van der Waals surface area contributed by atoms with Crippen molar-refractivity contribution in [1.82, 2.24) is 4.90 Å². The molecular formula is C10H10F3N. The predicted molar refractivity (Wildman–Crippen MR) is 46.4 cm³/mol. The maximum atomic E-state index is 13.1. The summed E-state index contributed by atoms with van der Waals surface area (Å²) in [6.07, 6.45) is 0.444. The Balaban J connectivity index is 2.20. The van der Waals surface area contributed by atoms with Crippen molar-refractivity contribution < 1.29 is 13.2 Å².